The molecule has 0 radical (unpaired) electrons. The quantitative estimate of drug-likeness (QED) is 0.847. The summed E-state index contributed by atoms with van der Waals surface area (Å²) in [5, 5.41) is 3.91. The van der Waals surface area contributed by atoms with Crippen molar-refractivity contribution in [1.29, 1.82) is 0 Å². The third kappa shape index (κ3) is 2.92. The fourth-order valence-electron chi connectivity index (χ4n) is 5.91. The van der Waals surface area contributed by atoms with Gasteiger partial charge in [-0.15, -0.1) is 11.3 Å². The molecule has 0 aromatic carbocycles. The zero-order chi connectivity index (χ0) is 19.4. The molecule has 5 rings (SSSR count). The minimum atomic E-state index is -0.0321. The highest BCUT2D eigenvalue weighted by molar-refractivity contribution is 7.20. The number of amides is 1. The first-order chi connectivity index (χ1) is 13.5. The van der Waals surface area contributed by atoms with Gasteiger partial charge in [0.05, 0.1) is 10.3 Å². The van der Waals surface area contributed by atoms with Crippen molar-refractivity contribution in [3.05, 3.63) is 26.6 Å². The molecule has 0 spiro atoms. The topological polar surface area (TPSA) is 64.0 Å². The molecule has 2 saturated carbocycles. The van der Waals surface area contributed by atoms with E-state index in [0.29, 0.717) is 16.2 Å². The van der Waals surface area contributed by atoms with Crippen LogP contribution in [0.1, 0.15) is 72.9 Å². The van der Waals surface area contributed by atoms with Crippen molar-refractivity contribution in [3.63, 3.8) is 0 Å². The molecule has 2 aromatic rings. The van der Waals surface area contributed by atoms with E-state index in [1.807, 2.05) is 11.5 Å². The van der Waals surface area contributed by atoms with Crippen molar-refractivity contribution in [2.75, 3.05) is 0 Å². The van der Waals surface area contributed by atoms with Gasteiger partial charge in [0.2, 0.25) is 0 Å². The normalized spacial score (nSPS) is 27.6. The smallest absolute Gasteiger partial charge is 0.262 e. The maximum Gasteiger partial charge on any atom is 0.262 e. The SMILES string of the molecule is Cc1c(C(=O)NC(C)C2CC3CCC2C3)sc2nc3n(c(=O)c12)CCCCC3. The summed E-state index contributed by atoms with van der Waals surface area (Å²) in [6, 6.07) is 0.193. The number of hydrogen-bond acceptors (Lipinski definition) is 4. The van der Waals surface area contributed by atoms with Crippen molar-refractivity contribution in [3.8, 4) is 0 Å². The van der Waals surface area contributed by atoms with Gasteiger partial charge in [0.25, 0.3) is 11.5 Å². The average molecular weight is 400 g/mol. The number of aryl methyl sites for hydroxylation is 2. The second-order valence-electron chi connectivity index (χ2n) is 9.13. The zero-order valence-corrected chi connectivity index (χ0v) is 17.6. The first-order valence-corrected chi connectivity index (χ1v) is 11.7. The van der Waals surface area contributed by atoms with Crippen molar-refractivity contribution in [2.24, 2.45) is 17.8 Å². The highest BCUT2D eigenvalue weighted by atomic mass is 32.1. The van der Waals surface area contributed by atoms with Gasteiger partial charge in [-0.1, -0.05) is 12.8 Å². The van der Waals surface area contributed by atoms with Crippen LogP contribution >= 0.6 is 11.3 Å². The van der Waals surface area contributed by atoms with Crippen LogP contribution in [-0.2, 0) is 13.0 Å². The molecule has 2 aliphatic carbocycles. The predicted octanol–water partition coefficient (Wildman–Crippen LogP) is 4.05. The molecular formula is C22H29N3O2S. The molecule has 2 fully saturated rings. The fourth-order valence-corrected chi connectivity index (χ4v) is 7.01. The van der Waals surface area contributed by atoms with Crippen molar-refractivity contribution < 1.29 is 4.79 Å². The molecule has 28 heavy (non-hydrogen) atoms. The third-order valence-electron chi connectivity index (χ3n) is 7.41. The highest BCUT2D eigenvalue weighted by Crippen LogP contribution is 2.49. The Bertz CT molecular complexity index is 992. The van der Waals surface area contributed by atoms with Gasteiger partial charge in [-0.05, 0) is 69.3 Å². The molecule has 0 saturated heterocycles. The van der Waals surface area contributed by atoms with Crippen LogP contribution in [0.4, 0.5) is 0 Å². The molecular weight excluding hydrogens is 370 g/mol. The van der Waals surface area contributed by atoms with Crippen LogP contribution in [0.2, 0.25) is 0 Å². The summed E-state index contributed by atoms with van der Waals surface area (Å²) in [4.78, 5) is 32.3. The van der Waals surface area contributed by atoms with Crippen LogP contribution in [0.15, 0.2) is 4.79 Å². The van der Waals surface area contributed by atoms with Gasteiger partial charge in [-0.25, -0.2) is 4.98 Å². The maximum absolute atomic E-state index is 13.1. The monoisotopic (exact) mass is 399 g/mol. The van der Waals surface area contributed by atoms with Crippen LogP contribution in [-0.4, -0.2) is 21.5 Å². The Morgan fingerprint density at radius 2 is 2.11 bits per heavy atom. The number of thiophene rings is 1. The minimum Gasteiger partial charge on any atom is -0.349 e. The molecule has 1 amide bonds. The van der Waals surface area contributed by atoms with E-state index in [-0.39, 0.29) is 17.5 Å². The van der Waals surface area contributed by atoms with Crippen LogP contribution in [0.5, 0.6) is 0 Å². The fraction of sp³-hybridized carbons (Fsp3) is 0.682. The molecule has 2 aromatic heterocycles. The molecule has 4 unspecified atom stereocenters. The summed E-state index contributed by atoms with van der Waals surface area (Å²) in [5.41, 5.74) is 0.838. The lowest BCUT2D eigenvalue weighted by atomic mass is 9.84. The van der Waals surface area contributed by atoms with E-state index in [9.17, 15) is 9.59 Å². The summed E-state index contributed by atoms with van der Waals surface area (Å²) >= 11 is 1.39. The molecule has 1 N–H and O–H groups in total. The summed E-state index contributed by atoms with van der Waals surface area (Å²) < 4.78 is 1.84. The van der Waals surface area contributed by atoms with E-state index in [1.54, 1.807) is 0 Å². The lowest BCUT2D eigenvalue weighted by molar-refractivity contribution is 0.0919. The maximum atomic E-state index is 13.1. The number of carbonyl (C=O) groups is 1. The Labute approximate surface area is 169 Å². The molecule has 5 nitrogen and oxygen atoms in total. The number of fused-ring (bicyclic) bond motifs is 4. The molecule has 4 atom stereocenters. The van der Waals surface area contributed by atoms with Gasteiger partial charge in [-0.3, -0.25) is 14.2 Å². The number of nitrogens with one attached hydrogen (secondary N) is 1. The first kappa shape index (κ1) is 18.3. The van der Waals surface area contributed by atoms with Crippen LogP contribution in [0, 0.1) is 24.7 Å². The highest BCUT2D eigenvalue weighted by Gasteiger charge is 2.42. The summed E-state index contributed by atoms with van der Waals surface area (Å²) in [7, 11) is 0. The van der Waals surface area contributed by atoms with Crippen LogP contribution in [0.25, 0.3) is 10.2 Å². The number of nitrogens with zero attached hydrogens (tertiary/aromatic N) is 2. The minimum absolute atomic E-state index is 0.0321. The van der Waals surface area contributed by atoms with E-state index in [4.69, 9.17) is 4.98 Å². The number of aromatic nitrogens is 2. The van der Waals surface area contributed by atoms with Gasteiger partial charge in [0.1, 0.15) is 10.7 Å². The Hall–Kier alpha value is -1.69. The van der Waals surface area contributed by atoms with Crippen molar-refractivity contribution in [1.82, 2.24) is 14.9 Å². The van der Waals surface area contributed by atoms with E-state index in [1.165, 1.54) is 37.0 Å². The molecule has 1 aliphatic heterocycles. The summed E-state index contributed by atoms with van der Waals surface area (Å²) in [6.07, 6.45) is 9.40. The van der Waals surface area contributed by atoms with Crippen molar-refractivity contribution >= 4 is 27.5 Å². The van der Waals surface area contributed by atoms with Crippen LogP contribution < -0.4 is 10.9 Å². The Balaban J connectivity index is 1.44. The third-order valence-corrected chi connectivity index (χ3v) is 8.60. The Morgan fingerprint density at radius 3 is 2.86 bits per heavy atom. The molecule has 3 aliphatic rings. The molecule has 3 heterocycles. The van der Waals surface area contributed by atoms with Crippen LogP contribution in [0.3, 0.4) is 0 Å². The van der Waals surface area contributed by atoms with Gasteiger partial charge in [-0.2, -0.15) is 0 Å². The van der Waals surface area contributed by atoms with E-state index < -0.39 is 0 Å². The molecule has 150 valence electrons. The second-order valence-corrected chi connectivity index (χ2v) is 10.1. The predicted molar refractivity (Wildman–Crippen MR) is 112 cm³/mol. The lowest BCUT2D eigenvalue weighted by Gasteiger charge is -2.28. The molecule has 2 bridgehead atoms. The Morgan fingerprint density at radius 1 is 1.25 bits per heavy atom. The Kier molecular flexibility index (Phi) is 4.57. The first-order valence-electron chi connectivity index (χ1n) is 10.9. The van der Waals surface area contributed by atoms with Gasteiger partial charge >= 0.3 is 0 Å². The van der Waals surface area contributed by atoms with Gasteiger partial charge in [0, 0.05) is 19.0 Å². The summed E-state index contributed by atoms with van der Waals surface area (Å²) in [5.74, 6) is 3.12. The standard InChI is InChI=1S/C22H29N3O2S/c1-12-18-21(24-17-6-4-3-5-9-25(17)22(18)27)28-19(12)20(26)23-13(2)16-11-14-7-8-15(16)10-14/h13-16H,3-11H2,1-2H3,(H,23,26). The summed E-state index contributed by atoms with van der Waals surface area (Å²) in [6.45, 7) is 4.80. The van der Waals surface area contributed by atoms with E-state index in [0.717, 1.165) is 60.3 Å². The number of carbonyl (C=O) groups excluding carboxylic acids is 1. The van der Waals surface area contributed by atoms with Crippen molar-refractivity contribution in [2.45, 2.75) is 77.8 Å². The number of rotatable bonds is 3. The lowest BCUT2D eigenvalue weighted by Crippen LogP contribution is -2.40. The number of hydrogen-bond donors (Lipinski definition) is 1. The molecule has 6 heteroatoms. The largest absolute Gasteiger partial charge is 0.349 e. The second kappa shape index (κ2) is 6.97. The van der Waals surface area contributed by atoms with E-state index in [2.05, 4.69) is 12.2 Å². The zero-order valence-electron chi connectivity index (χ0n) is 16.8. The van der Waals surface area contributed by atoms with E-state index >= 15 is 0 Å². The van der Waals surface area contributed by atoms with Gasteiger partial charge < -0.3 is 5.32 Å². The average Bonchev–Trinajstić information content (AvgIpc) is 3.33. The van der Waals surface area contributed by atoms with Gasteiger partial charge in [0.15, 0.2) is 0 Å².